The van der Waals surface area contributed by atoms with Crippen LogP contribution in [0.2, 0.25) is 0 Å². The van der Waals surface area contributed by atoms with Crippen LogP contribution in [0, 0.1) is 17.8 Å². The topological polar surface area (TPSA) is 26.3 Å². The van der Waals surface area contributed by atoms with Crippen molar-refractivity contribution in [2.45, 2.75) is 55.5 Å². The van der Waals surface area contributed by atoms with Crippen molar-refractivity contribution in [3.8, 4) is 0 Å². The summed E-state index contributed by atoms with van der Waals surface area (Å²) in [4.78, 5) is 12.1. The summed E-state index contributed by atoms with van der Waals surface area (Å²) in [7, 11) is 0. The molecule has 2 aliphatic carbocycles. The quantitative estimate of drug-likeness (QED) is 0.335. The standard InChI is InChI=1S/C14H22I2O2/c1-3-14(2,18-13(17)12(16)8-15)11-7-9-4-5-10(11)6-9/h9-12H,3-8H2,1-2H3. The minimum Gasteiger partial charge on any atom is -0.458 e. The molecule has 5 atom stereocenters. The van der Waals surface area contributed by atoms with Crippen LogP contribution in [0.5, 0.6) is 0 Å². The number of halogens is 2. The van der Waals surface area contributed by atoms with Gasteiger partial charge in [-0.1, -0.05) is 58.5 Å². The molecule has 0 radical (unpaired) electrons. The van der Waals surface area contributed by atoms with Crippen molar-refractivity contribution in [2.24, 2.45) is 17.8 Å². The van der Waals surface area contributed by atoms with E-state index in [4.69, 9.17) is 4.74 Å². The van der Waals surface area contributed by atoms with E-state index in [0.717, 1.165) is 22.7 Å². The van der Waals surface area contributed by atoms with Crippen LogP contribution in [0.3, 0.4) is 0 Å². The van der Waals surface area contributed by atoms with Crippen LogP contribution in [0.4, 0.5) is 0 Å². The van der Waals surface area contributed by atoms with E-state index < -0.39 is 0 Å². The Morgan fingerprint density at radius 1 is 1.44 bits per heavy atom. The molecule has 2 bridgehead atoms. The van der Waals surface area contributed by atoms with Crippen LogP contribution in [-0.2, 0) is 9.53 Å². The van der Waals surface area contributed by atoms with Crippen molar-refractivity contribution in [3.05, 3.63) is 0 Å². The van der Waals surface area contributed by atoms with E-state index in [1.807, 2.05) is 0 Å². The van der Waals surface area contributed by atoms with Gasteiger partial charge in [-0.25, -0.2) is 0 Å². The first kappa shape index (κ1) is 15.3. The third-order valence-electron chi connectivity index (χ3n) is 4.95. The lowest BCUT2D eigenvalue weighted by molar-refractivity contribution is -0.165. The highest BCUT2D eigenvalue weighted by Crippen LogP contribution is 2.53. The molecule has 0 aromatic rings. The van der Waals surface area contributed by atoms with E-state index in [9.17, 15) is 4.79 Å². The average molecular weight is 476 g/mol. The Hall–Kier alpha value is 0.930. The summed E-state index contributed by atoms with van der Waals surface area (Å²) < 4.78 is 6.75. The summed E-state index contributed by atoms with van der Waals surface area (Å²) in [6, 6.07) is 0. The van der Waals surface area contributed by atoms with E-state index in [1.54, 1.807) is 0 Å². The number of carbonyl (C=O) groups excluding carboxylic acids is 1. The van der Waals surface area contributed by atoms with Gasteiger partial charge in [0, 0.05) is 10.3 Å². The average Bonchev–Trinajstić information content (AvgIpc) is 2.99. The van der Waals surface area contributed by atoms with Gasteiger partial charge in [0.05, 0.1) is 0 Å². The smallest absolute Gasteiger partial charge is 0.320 e. The molecule has 0 N–H and O–H groups in total. The molecule has 0 aliphatic heterocycles. The first-order chi connectivity index (χ1) is 8.50. The lowest BCUT2D eigenvalue weighted by Gasteiger charge is -2.39. The Morgan fingerprint density at radius 2 is 2.17 bits per heavy atom. The lowest BCUT2D eigenvalue weighted by Crippen LogP contribution is -2.43. The number of esters is 1. The summed E-state index contributed by atoms with van der Waals surface area (Å²) >= 11 is 4.44. The maximum Gasteiger partial charge on any atom is 0.320 e. The van der Waals surface area contributed by atoms with Gasteiger partial charge in [-0.05, 0) is 44.4 Å². The minimum absolute atomic E-state index is 0.00679. The van der Waals surface area contributed by atoms with E-state index in [1.165, 1.54) is 25.7 Å². The minimum atomic E-state index is -0.230. The van der Waals surface area contributed by atoms with Crippen molar-refractivity contribution in [2.75, 3.05) is 4.43 Å². The van der Waals surface area contributed by atoms with Crippen LogP contribution in [0.1, 0.15) is 46.0 Å². The highest BCUT2D eigenvalue weighted by Gasteiger charge is 2.49. The van der Waals surface area contributed by atoms with E-state index in [-0.39, 0.29) is 15.5 Å². The number of hydrogen-bond acceptors (Lipinski definition) is 2. The lowest BCUT2D eigenvalue weighted by atomic mass is 9.75. The first-order valence-electron chi connectivity index (χ1n) is 6.93. The normalized spacial score (nSPS) is 35.2. The van der Waals surface area contributed by atoms with Gasteiger partial charge in [-0.3, -0.25) is 4.79 Å². The molecule has 0 heterocycles. The second-order valence-electron chi connectivity index (χ2n) is 5.99. The zero-order valence-electron chi connectivity index (χ0n) is 11.1. The molecule has 0 amide bonds. The van der Waals surface area contributed by atoms with Gasteiger partial charge in [0.15, 0.2) is 0 Å². The monoisotopic (exact) mass is 476 g/mol. The molecule has 2 fully saturated rings. The fraction of sp³-hybridized carbons (Fsp3) is 0.929. The van der Waals surface area contributed by atoms with Gasteiger partial charge in [0.2, 0.25) is 0 Å². The van der Waals surface area contributed by atoms with E-state index >= 15 is 0 Å². The molecule has 2 saturated carbocycles. The fourth-order valence-electron chi connectivity index (χ4n) is 3.76. The molecular weight excluding hydrogens is 454 g/mol. The van der Waals surface area contributed by atoms with Crippen molar-refractivity contribution >= 4 is 51.2 Å². The first-order valence-corrected chi connectivity index (χ1v) is 9.70. The Labute approximate surface area is 137 Å². The number of carbonyl (C=O) groups is 1. The summed E-state index contributed by atoms with van der Waals surface area (Å²) in [5.74, 6) is 2.30. The number of alkyl halides is 2. The van der Waals surface area contributed by atoms with Gasteiger partial charge in [0.1, 0.15) is 9.53 Å². The SMILES string of the molecule is CCC(C)(OC(=O)C(I)CI)C1CC2CCC1C2. The van der Waals surface area contributed by atoms with Crippen LogP contribution in [0.25, 0.3) is 0 Å². The number of ether oxygens (including phenoxy) is 1. The van der Waals surface area contributed by atoms with Crippen LogP contribution >= 0.6 is 45.2 Å². The van der Waals surface area contributed by atoms with Crippen molar-refractivity contribution in [1.82, 2.24) is 0 Å². The molecule has 104 valence electrons. The van der Waals surface area contributed by atoms with Crippen molar-refractivity contribution in [3.63, 3.8) is 0 Å². The van der Waals surface area contributed by atoms with E-state index in [2.05, 4.69) is 59.0 Å². The number of hydrogen-bond donors (Lipinski definition) is 0. The van der Waals surface area contributed by atoms with E-state index in [0.29, 0.717) is 5.92 Å². The molecule has 0 aromatic heterocycles. The second-order valence-corrected chi connectivity index (χ2v) is 8.37. The van der Waals surface area contributed by atoms with Gasteiger partial charge in [-0.2, -0.15) is 0 Å². The maximum absolute atomic E-state index is 12.1. The van der Waals surface area contributed by atoms with Gasteiger partial charge < -0.3 is 4.74 Å². The molecule has 0 aromatic carbocycles. The summed E-state index contributed by atoms with van der Waals surface area (Å²) in [6.45, 7) is 4.32. The second kappa shape index (κ2) is 6.14. The predicted octanol–water partition coefficient (Wildman–Crippen LogP) is 4.37. The predicted molar refractivity (Wildman–Crippen MR) is 90.4 cm³/mol. The molecule has 2 rings (SSSR count). The Balaban J connectivity index is 2.04. The highest BCUT2D eigenvalue weighted by atomic mass is 127. The van der Waals surface area contributed by atoms with Gasteiger partial charge in [0.25, 0.3) is 0 Å². The third kappa shape index (κ3) is 2.99. The third-order valence-corrected chi connectivity index (χ3v) is 8.46. The van der Waals surface area contributed by atoms with Crippen LogP contribution in [0.15, 0.2) is 0 Å². The molecule has 0 spiro atoms. The zero-order valence-corrected chi connectivity index (χ0v) is 15.4. The molecule has 5 unspecified atom stereocenters. The van der Waals surface area contributed by atoms with Crippen molar-refractivity contribution < 1.29 is 9.53 Å². The van der Waals surface area contributed by atoms with Crippen LogP contribution < -0.4 is 0 Å². The molecule has 0 saturated heterocycles. The van der Waals surface area contributed by atoms with Gasteiger partial charge >= 0.3 is 5.97 Å². The Morgan fingerprint density at radius 3 is 2.61 bits per heavy atom. The molecular formula is C14H22I2O2. The zero-order chi connectivity index (χ0) is 13.3. The maximum atomic E-state index is 12.1. The molecule has 2 nitrogen and oxygen atoms in total. The summed E-state index contributed by atoms with van der Waals surface area (Å²) in [5.41, 5.74) is -0.230. The molecule has 18 heavy (non-hydrogen) atoms. The largest absolute Gasteiger partial charge is 0.458 e. The number of rotatable bonds is 5. The highest BCUT2D eigenvalue weighted by molar-refractivity contribution is 14.1. The molecule has 2 aliphatic rings. The van der Waals surface area contributed by atoms with Crippen LogP contribution in [-0.4, -0.2) is 19.9 Å². The van der Waals surface area contributed by atoms with Crippen molar-refractivity contribution in [1.29, 1.82) is 0 Å². The Bertz CT molecular complexity index is 321. The summed E-state index contributed by atoms with van der Waals surface area (Å²) in [6.07, 6.45) is 6.34. The molecule has 4 heteroatoms. The summed E-state index contributed by atoms with van der Waals surface area (Å²) in [5, 5.41) is 0. The van der Waals surface area contributed by atoms with Gasteiger partial charge in [-0.15, -0.1) is 0 Å². The fourth-order valence-corrected chi connectivity index (χ4v) is 4.25. The number of fused-ring (bicyclic) bond motifs is 2. The Kier molecular flexibility index (Phi) is 5.23.